The number of aryl methyl sites for hydroxylation is 1. The Morgan fingerprint density at radius 1 is 1.53 bits per heavy atom. The van der Waals surface area contributed by atoms with Crippen molar-refractivity contribution in [2.24, 2.45) is 0 Å². The summed E-state index contributed by atoms with van der Waals surface area (Å²) < 4.78 is 25.5. The fourth-order valence-electron chi connectivity index (χ4n) is 1.01. The lowest BCUT2D eigenvalue weighted by molar-refractivity contribution is 0.511. The minimum Gasteiger partial charge on any atom is -0.367 e. The maximum Gasteiger partial charge on any atom is 0.239 e. The molecule has 0 aliphatic rings. The van der Waals surface area contributed by atoms with E-state index < -0.39 is 10.0 Å². The lowest BCUT2D eigenvalue weighted by Gasteiger charge is -2.10. The summed E-state index contributed by atoms with van der Waals surface area (Å²) in [5, 5.41) is 3.85. The van der Waals surface area contributed by atoms with Crippen molar-refractivity contribution in [3.05, 3.63) is 6.33 Å². The van der Waals surface area contributed by atoms with Crippen LogP contribution in [0.2, 0.25) is 0 Å². The van der Waals surface area contributed by atoms with Crippen LogP contribution in [0.5, 0.6) is 0 Å². The lowest BCUT2D eigenvalue weighted by Crippen LogP contribution is -2.25. The highest BCUT2D eigenvalue weighted by molar-refractivity contribution is 7.89. The molecule has 1 aromatic heterocycles. The average molecular weight is 233 g/mol. The van der Waals surface area contributed by atoms with Crippen molar-refractivity contribution in [2.45, 2.75) is 13.0 Å². The van der Waals surface area contributed by atoms with Crippen LogP contribution in [0.3, 0.4) is 0 Å². The molecule has 1 aromatic rings. The summed E-state index contributed by atoms with van der Waals surface area (Å²) in [6, 6.07) is 0. The predicted molar refractivity (Wildman–Crippen MR) is 56.5 cm³/mol. The fourth-order valence-corrected chi connectivity index (χ4v) is 1.87. The molecule has 2 N–H and O–H groups in total. The van der Waals surface area contributed by atoms with Crippen molar-refractivity contribution >= 4 is 16.0 Å². The van der Waals surface area contributed by atoms with Gasteiger partial charge in [-0.15, -0.1) is 5.10 Å². The Bertz CT molecular complexity index is 411. The zero-order valence-corrected chi connectivity index (χ0v) is 9.61. The van der Waals surface area contributed by atoms with Gasteiger partial charge in [-0.25, -0.2) is 17.7 Å². The number of hydrogen-bond acceptors (Lipinski definition) is 5. The molecule has 1 heterocycles. The van der Waals surface area contributed by atoms with Crippen LogP contribution < -0.4 is 5.73 Å². The monoisotopic (exact) mass is 233 g/mol. The molecule has 0 aliphatic heterocycles. The molecule has 0 aromatic carbocycles. The van der Waals surface area contributed by atoms with Gasteiger partial charge in [0, 0.05) is 20.6 Å². The van der Waals surface area contributed by atoms with Crippen molar-refractivity contribution in [1.82, 2.24) is 19.1 Å². The van der Waals surface area contributed by atoms with Crippen molar-refractivity contribution in [1.29, 1.82) is 0 Å². The van der Waals surface area contributed by atoms with Gasteiger partial charge in [-0.3, -0.25) is 4.68 Å². The molecule has 8 heteroatoms. The number of rotatable bonds is 5. The van der Waals surface area contributed by atoms with Crippen LogP contribution in [0.15, 0.2) is 6.33 Å². The van der Waals surface area contributed by atoms with Crippen LogP contribution in [0, 0.1) is 0 Å². The molecule has 0 spiro atoms. The van der Waals surface area contributed by atoms with E-state index in [1.54, 1.807) is 0 Å². The van der Waals surface area contributed by atoms with Gasteiger partial charge in [-0.05, 0) is 6.42 Å². The molecule has 0 aliphatic carbocycles. The summed E-state index contributed by atoms with van der Waals surface area (Å²) in [6.45, 7) is 0.497. The first-order chi connectivity index (χ1) is 6.92. The van der Waals surface area contributed by atoms with Gasteiger partial charge in [-0.1, -0.05) is 0 Å². The van der Waals surface area contributed by atoms with Crippen molar-refractivity contribution < 1.29 is 8.42 Å². The number of nitrogen functional groups attached to an aromatic ring is 1. The van der Waals surface area contributed by atoms with E-state index in [0.29, 0.717) is 13.0 Å². The van der Waals surface area contributed by atoms with E-state index in [2.05, 4.69) is 10.1 Å². The molecule has 7 nitrogen and oxygen atoms in total. The van der Waals surface area contributed by atoms with Crippen LogP contribution >= 0.6 is 0 Å². The number of nitrogens with two attached hydrogens (primary N) is 1. The van der Waals surface area contributed by atoms with Crippen LogP contribution in [0.4, 0.5) is 5.95 Å². The summed E-state index contributed by atoms with van der Waals surface area (Å²) in [5.74, 6) is 0.296. The van der Waals surface area contributed by atoms with Gasteiger partial charge in [0.05, 0.1) is 5.75 Å². The summed E-state index contributed by atoms with van der Waals surface area (Å²) in [5.41, 5.74) is 5.31. The first-order valence-corrected chi connectivity index (χ1v) is 6.08. The van der Waals surface area contributed by atoms with Crippen LogP contribution in [-0.2, 0) is 16.6 Å². The first kappa shape index (κ1) is 11.9. The van der Waals surface area contributed by atoms with E-state index in [-0.39, 0.29) is 11.7 Å². The third kappa shape index (κ3) is 3.48. The first-order valence-electron chi connectivity index (χ1n) is 4.47. The quantitative estimate of drug-likeness (QED) is 0.714. The van der Waals surface area contributed by atoms with Gasteiger partial charge < -0.3 is 5.73 Å². The van der Waals surface area contributed by atoms with Crippen molar-refractivity contribution in [3.63, 3.8) is 0 Å². The van der Waals surface area contributed by atoms with Gasteiger partial charge in [0.15, 0.2) is 0 Å². The zero-order chi connectivity index (χ0) is 11.5. The third-order valence-electron chi connectivity index (χ3n) is 1.90. The largest absolute Gasteiger partial charge is 0.367 e. The second-order valence-corrected chi connectivity index (χ2v) is 5.62. The molecule has 0 radical (unpaired) electrons. The highest BCUT2D eigenvalue weighted by Gasteiger charge is 2.12. The van der Waals surface area contributed by atoms with Crippen LogP contribution in [0.25, 0.3) is 0 Å². The van der Waals surface area contributed by atoms with Gasteiger partial charge >= 0.3 is 0 Å². The molecule has 0 atom stereocenters. The molecule has 0 unspecified atom stereocenters. The zero-order valence-electron chi connectivity index (χ0n) is 8.79. The van der Waals surface area contributed by atoms with E-state index >= 15 is 0 Å². The number of aromatic nitrogens is 3. The van der Waals surface area contributed by atoms with E-state index in [9.17, 15) is 8.42 Å². The van der Waals surface area contributed by atoms with E-state index in [0.717, 1.165) is 0 Å². The summed E-state index contributed by atoms with van der Waals surface area (Å²) in [6.07, 6.45) is 1.97. The number of anilines is 1. The summed E-state index contributed by atoms with van der Waals surface area (Å²) in [7, 11) is -0.0877. The summed E-state index contributed by atoms with van der Waals surface area (Å²) in [4.78, 5) is 3.74. The second kappa shape index (κ2) is 4.58. The standard InChI is InChI=1S/C7H15N5O2S/c1-11(2)15(13,14)5-3-4-12-6-9-7(8)10-12/h6H,3-5H2,1-2H3,(H2,8,10). The van der Waals surface area contributed by atoms with Crippen LogP contribution in [0.1, 0.15) is 6.42 Å². The Balaban J connectivity index is 2.40. The van der Waals surface area contributed by atoms with E-state index in [1.165, 1.54) is 29.4 Å². The Morgan fingerprint density at radius 2 is 2.20 bits per heavy atom. The maximum atomic E-state index is 11.4. The van der Waals surface area contributed by atoms with E-state index in [1.807, 2.05) is 0 Å². The average Bonchev–Trinajstić information content (AvgIpc) is 2.51. The molecule has 1 rings (SSSR count). The molecular weight excluding hydrogens is 218 g/mol. The molecule has 86 valence electrons. The Morgan fingerprint density at radius 3 is 2.67 bits per heavy atom. The maximum absolute atomic E-state index is 11.4. The van der Waals surface area contributed by atoms with E-state index in [4.69, 9.17) is 5.73 Å². The molecule has 0 saturated heterocycles. The second-order valence-electron chi connectivity index (χ2n) is 3.32. The van der Waals surface area contributed by atoms with Gasteiger partial charge in [-0.2, -0.15) is 0 Å². The van der Waals surface area contributed by atoms with Crippen molar-refractivity contribution in [3.8, 4) is 0 Å². The molecule has 0 saturated carbocycles. The predicted octanol–water partition coefficient (Wildman–Crippen LogP) is -0.858. The number of nitrogens with zero attached hydrogens (tertiary/aromatic N) is 4. The Hall–Kier alpha value is -1.15. The highest BCUT2D eigenvalue weighted by Crippen LogP contribution is 1.99. The normalized spacial score (nSPS) is 12.2. The molecule has 0 fully saturated rings. The smallest absolute Gasteiger partial charge is 0.239 e. The van der Waals surface area contributed by atoms with Crippen LogP contribution in [-0.4, -0.2) is 47.3 Å². The van der Waals surface area contributed by atoms with Gasteiger partial charge in [0.1, 0.15) is 6.33 Å². The highest BCUT2D eigenvalue weighted by atomic mass is 32.2. The Labute approximate surface area is 88.9 Å². The Kier molecular flexibility index (Phi) is 3.64. The number of hydrogen-bond donors (Lipinski definition) is 1. The lowest BCUT2D eigenvalue weighted by atomic mass is 10.5. The number of sulfonamides is 1. The SMILES string of the molecule is CN(C)S(=O)(=O)CCCn1cnc(N)n1. The topological polar surface area (TPSA) is 94.1 Å². The van der Waals surface area contributed by atoms with Gasteiger partial charge in [0.25, 0.3) is 0 Å². The van der Waals surface area contributed by atoms with Gasteiger partial charge in [0.2, 0.25) is 16.0 Å². The minimum absolute atomic E-state index is 0.0970. The summed E-state index contributed by atoms with van der Waals surface area (Å²) >= 11 is 0. The minimum atomic E-state index is -3.12. The fraction of sp³-hybridized carbons (Fsp3) is 0.714. The van der Waals surface area contributed by atoms with Crippen molar-refractivity contribution in [2.75, 3.05) is 25.6 Å². The molecule has 15 heavy (non-hydrogen) atoms. The molecular formula is C7H15N5O2S. The molecule has 0 amide bonds. The molecule has 0 bridgehead atoms. The third-order valence-corrected chi connectivity index (χ3v) is 3.82.